The van der Waals surface area contributed by atoms with Crippen LogP contribution in [0.15, 0.2) is 30.3 Å². The minimum Gasteiger partial charge on any atom is -0.496 e. The molecule has 0 saturated carbocycles. The summed E-state index contributed by atoms with van der Waals surface area (Å²) in [5.41, 5.74) is -0.0187. The number of nitro benzene ring substituents is 1. The van der Waals surface area contributed by atoms with Gasteiger partial charge in [0.2, 0.25) is 5.75 Å². The fourth-order valence-electron chi connectivity index (χ4n) is 2.61. The molecule has 0 atom stereocenters. The molecule has 0 heterocycles. The molecule has 9 heteroatoms. The fourth-order valence-corrected chi connectivity index (χ4v) is 2.61. The molecule has 2 aromatic carbocycles. The summed E-state index contributed by atoms with van der Waals surface area (Å²) in [6, 6.07) is 7.21. The SMILES string of the molecule is CCOc1cc(C(=O)Nc2ccc(OC)cc2[N+](=O)[O-])cc(OCC)c1OCC. The van der Waals surface area contributed by atoms with Crippen LogP contribution in [0.3, 0.4) is 0 Å². The number of nitro groups is 1. The van der Waals surface area contributed by atoms with Crippen LogP contribution in [0.25, 0.3) is 0 Å². The van der Waals surface area contributed by atoms with Gasteiger partial charge in [-0.25, -0.2) is 0 Å². The van der Waals surface area contributed by atoms with E-state index in [0.717, 1.165) is 0 Å². The molecule has 0 aliphatic heterocycles. The summed E-state index contributed by atoms with van der Waals surface area (Å²) in [5.74, 6) is 0.879. The zero-order valence-corrected chi connectivity index (χ0v) is 16.8. The number of benzene rings is 2. The molecule has 0 fully saturated rings. The smallest absolute Gasteiger partial charge is 0.296 e. The van der Waals surface area contributed by atoms with Gasteiger partial charge in [-0.2, -0.15) is 0 Å². The summed E-state index contributed by atoms with van der Waals surface area (Å²) in [7, 11) is 1.40. The van der Waals surface area contributed by atoms with Gasteiger partial charge in [0.1, 0.15) is 11.4 Å². The number of nitrogens with one attached hydrogen (secondary N) is 1. The molecular formula is C20H24N2O7. The average molecular weight is 404 g/mol. The predicted octanol–water partition coefficient (Wildman–Crippen LogP) is 4.05. The van der Waals surface area contributed by atoms with Crippen molar-refractivity contribution in [2.75, 3.05) is 32.2 Å². The summed E-state index contributed by atoms with van der Waals surface area (Å²) in [4.78, 5) is 23.6. The Morgan fingerprint density at radius 1 is 1.00 bits per heavy atom. The zero-order valence-electron chi connectivity index (χ0n) is 16.8. The largest absolute Gasteiger partial charge is 0.496 e. The van der Waals surface area contributed by atoms with Crippen molar-refractivity contribution in [3.05, 3.63) is 46.0 Å². The van der Waals surface area contributed by atoms with E-state index in [4.69, 9.17) is 18.9 Å². The Morgan fingerprint density at radius 2 is 1.59 bits per heavy atom. The maximum absolute atomic E-state index is 12.8. The first-order valence-electron chi connectivity index (χ1n) is 9.15. The van der Waals surface area contributed by atoms with Gasteiger partial charge in [0, 0.05) is 5.56 Å². The Bertz CT molecular complexity index is 856. The van der Waals surface area contributed by atoms with E-state index in [1.807, 2.05) is 20.8 Å². The number of hydrogen-bond donors (Lipinski definition) is 1. The number of ether oxygens (including phenoxy) is 4. The highest BCUT2D eigenvalue weighted by atomic mass is 16.6. The minimum atomic E-state index is -0.590. The third-order valence-corrected chi connectivity index (χ3v) is 3.82. The van der Waals surface area contributed by atoms with Crippen LogP contribution in [0.5, 0.6) is 23.0 Å². The molecule has 0 bridgehead atoms. The highest BCUT2D eigenvalue weighted by Gasteiger charge is 2.21. The number of amides is 1. The first kappa shape index (κ1) is 21.8. The molecule has 2 aromatic rings. The normalized spacial score (nSPS) is 10.2. The second kappa shape index (κ2) is 10.2. The molecule has 0 unspecified atom stereocenters. The molecular weight excluding hydrogens is 380 g/mol. The second-order valence-corrected chi connectivity index (χ2v) is 5.69. The number of nitrogens with zero attached hydrogens (tertiary/aromatic N) is 1. The van der Waals surface area contributed by atoms with Crippen molar-refractivity contribution in [1.82, 2.24) is 0 Å². The number of carbonyl (C=O) groups excluding carboxylic acids is 1. The highest BCUT2D eigenvalue weighted by molar-refractivity contribution is 6.06. The van der Waals surface area contributed by atoms with Crippen LogP contribution in [0.2, 0.25) is 0 Å². The van der Waals surface area contributed by atoms with Crippen LogP contribution in [0.4, 0.5) is 11.4 Å². The van der Waals surface area contributed by atoms with E-state index in [0.29, 0.717) is 42.8 Å². The fraction of sp³-hybridized carbons (Fsp3) is 0.350. The molecule has 0 aromatic heterocycles. The summed E-state index contributed by atoms with van der Waals surface area (Å²) < 4.78 is 21.8. The lowest BCUT2D eigenvalue weighted by atomic mass is 10.1. The molecule has 1 amide bonds. The Morgan fingerprint density at radius 3 is 2.07 bits per heavy atom. The van der Waals surface area contributed by atoms with Crippen LogP contribution >= 0.6 is 0 Å². The van der Waals surface area contributed by atoms with Gasteiger partial charge >= 0.3 is 0 Å². The summed E-state index contributed by atoms with van der Waals surface area (Å²) >= 11 is 0. The first-order valence-corrected chi connectivity index (χ1v) is 9.15. The summed E-state index contributed by atoms with van der Waals surface area (Å²) in [6.45, 7) is 6.56. The van der Waals surface area contributed by atoms with Gasteiger partial charge < -0.3 is 24.3 Å². The maximum atomic E-state index is 12.8. The van der Waals surface area contributed by atoms with Crippen molar-refractivity contribution < 1.29 is 28.7 Å². The first-order chi connectivity index (χ1) is 13.9. The van der Waals surface area contributed by atoms with Crippen LogP contribution in [-0.2, 0) is 0 Å². The Balaban J connectivity index is 2.43. The van der Waals surface area contributed by atoms with Gasteiger partial charge in [-0.3, -0.25) is 14.9 Å². The standard InChI is InChI=1S/C20H24N2O7/c1-5-27-17-10-13(11-18(28-6-2)19(17)29-7-3)20(23)21-15-9-8-14(26-4)12-16(15)22(24)25/h8-12H,5-7H2,1-4H3,(H,21,23). The molecule has 1 N–H and O–H groups in total. The van der Waals surface area contributed by atoms with E-state index >= 15 is 0 Å². The molecule has 9 nitrogen and oxygen atoms in total. The van der Waals surface area contributed by atoms with E-state index in [1.54, 1.807) is 0 Å². The zero-order chi connectivity index (χ0) is 21.4. The Hall–Kier alpha value is -3.49. The number of anilines is 1. The summed E-state index contributed by atoms with van der Waals surface area (Å²) in [6.07, 6.45) is 0. The topological polar surface area (TPSA) is 109 Å². The second-order valence-electron chi connectivity index (χ2n) is 5.69. The molecule has 29 heavy (non-hydrogen) atoms. The van der Waals surface area contributed by atoms with Gasteiger partial charge in [-0.15, -0.1) is 0 Å². The van der Waals surface area contributed by atoms with E-state index in [2.05, 4.69) is 5.32 Å². The molecule has 0 aliphatic carbocycles. The van der Waals surface area contributed by atoms with Crippen molar-refractivity contribution in [2.24, 2.45) is 0 Å². The highest BCUT2D eigenvalue weighted by Crippen LogP contribution is 2.39. The predicted molar refractivity (Wildman–Crippen MR) is 108 cm³/mol. The lowest BCUT2D eigenvalue weighted by Gasteiger charge is -2.17. The number of rotatable bonds is 10. The van der Waals surface area contributed by atoms with Gasteiger partial charge in [0.05, 0.1) is 37.9 Å². The molecule has 2 rings (SSSR count). The average Bonchev–Trinajstić information content (AvgIpc) is 2.70. The number of methoxy groups -OCH3 is 1. The minimum absolute atomic E-state index is 0.0469. The van der Waals surface area contributed by atoms with Crippen molar-refractivity contribution in [1.29, 1.82) is 0 Å². The Kier molecular flexibility index (Phi) is 7.64. The van der Waals surface area contributed by atoms with Crippen LogP contribution in [0, 0.1) is 10.1 Å². The third-order valence-electron chi connectivity index (χ3n) is 3.82. The van der Waals surface area contributed by atoms with Gasteiger partial charge in [0.15, 0.2) is 11.5 Å². The maximum Gasteiger partial charge on any atom is 0.296 e. The summed E-state index contributed by atoms with van der Waals surface area (Å²) in [5, 5.41) is 13.9. The van der Waals surface area contributed by atoms with Crippen LogP contribution < -0.4 is 24.3 Å². The quantitative estimate of drug-likeness (QED) is 0.470. The number of hydrogen-bond acceptors (Lipinski definition) is 7. The van der Waals surface area contributed by atoms with Gasteiger partial charge in [0.25, 0.3) is 11.6 Å². The molecule has 0 saturated heterocycles. The lowest BCUT2D eigenvalue weighted by molar-refractivity contribution is -0.384. The van der Waals surface area contributed by atoms with Gasteiger partial charge in [-0.05, 0) is 45.0 Å². The molecule has 0 spiro atoms. The van der Waals surface area contributed by atoms with E-state index < -0.39 is 10.8 Å². The van der Waals surface area contributed by atoms with Crippen molar-refractivity contribution in [2.45, 2.75) is 20.8 Å². The van der Waals surface area contributed by atoms with E-state index in [9.17, 15) is 14.9 Å². The van der Waals surface area contributed by atoms with Gasteiger partial charge in [-0.1, -0.05) is 0 Å². The number of carbonyl (C=O) groups is 1. The molecule has 0 radical (unpaired) electrons. The van der Waals surface area contributed by atoms with Crippen LogP contribution in [-0.4, -0.2) is 37.8 Å². The molecule has 0 aliphatic rings. The van der Waals surface area contributed by atoms with E-state index in [-0.39, 0.29) is 16.9 Å². The lowest BCUT2D eigenvalue weighted by Crippen LogP contribution is -2.14. The van der Waals surface area contributed by atoms with Crippen molar-refractivity contribution >= 4 is 17.3 Å². The Labute approximate surface area is 168 Å². The van der Waals surface area contributed by atoms with Crippen molar-refractivity contribution in [3.63, 3.8) is 0 Å². The monoisotopic (exact) mass is 404 g/mol. The molecule has 156 valence electrons. The van der Waals surface area contributed by atoms with Crippen molar-refractivity contribution in [3.8, 4) is 23.0 Å². The third kappa shape index (κ3) is 5.28. The van der Waals surface area contributed by atoms with E-state index in [1.165, 1.54) is 37.4 Å². The van der Waals surface area contributed by atoms with Crippen LogP contribution in [0.1, 0.15) is 31.1 Å².